The summed E-state index contributed by atoms with van der Waals surface area (Å²) in [6.07, 6.45) is 0. The Balaban J connectivity index is 1.98. The van der Waals surface area contributed by atoms with Crippen molar-refractivity contribution in [1.29, 1.82) is 0 Å². The lowest BCUT2D eigenvalue weighted by molar-refractivity contribution is 0.665. The first kappa shape index (κ1) is 14.1. The Bertz CT molecular complexity index is 1350. The van der Waals surface area contributed by atoms with Crippen LogP contribution in [0.25, 0.3) is 43.7 Å². The first-order chi connectivity index (χ1) is 12.7. The lowest BCUT2D eigenvalue weighted by Gasteiger charge is -2.22. The number of nitrogens with one attached hydrogen (secondary N) is 1. The standard InChI is InChI=1S/C25H19N/c1-25(2)19-13-7-5-11-17(19)21-15-9-3-4-10-16(15)22-18-12-6-8-14-20(18)26-24(22)23(21)25/h3-14,26H,1-2H3. The van der Waals surface area contributed by atoms with Crippen molar-refractivity contribution in [2.75, 3.05) is 0 Å². The van der Waals surface area contributed by atoms with Crippen LogP contribution in [0.15, 0.2) is 72.8 Å². The summed E-state index contributed by atoms with van der Waals surface area (Å²) in [6.45, 7) is 4.72. The second kappa shape index (κ2) is 4.56. The summed E-state index contributed by atoms with van der Waals surface area (Å²) in [7, 11) is 0. The van der Waals surface area contributed by atoms with Gasteiger partial charge in [0.25, 0.3) is 0 Å². The van der Waals surface area contributed by atoms with Crippen LogP contribution in [0.2, 0.25) is 0 Å². The highest BCUT2D eigenvalue weighted by molar-refractivity contribution is 6.25. The Morgan fingerprint density at radius 1 is 0.692 bits per heavy atom. The molecule has 0 amide bonds. The molecule has 5 aromatic rings. The van der Waals surface area contributed by atoms with Gasteiger partial charge in [-0.05, 0) is 39.1 Å². The summed E-state index contributed by atoms with van der Waals surface area (Å²) in [4.78, 5) is 3.76. The molecule has 124 valence electrons. The van der Waals surface area contributed by atoms with Crippen LogP contribution in [0.1, 0.15) is 25.0 Å². The van der Waals surface area contributed by atoms with Crippen molar-refractivity contribution in [1.82, 2.24) is 4.98 Å². The molecule has 1 heteroatoms. The van der Waals surface area contributed by atoms with Crippen molar-refractivity contribution >= 4 is 32.6 Å². The zero-order chi connectivity index (χ0) is 17.5. The third-order valence-electron chi connectivity index (χ3n) is 6.17. The van der Waals surface area contributed by atoms with E-state index in [1.54, 1.807) is 0 Å². The molecule has 6 rings (SSSR count). The second-order valence-corrected chi connectivity index (χ2v) is 7.89. The molecule has 26 heavy (non-hydrogen) atoms. The fourth-order valence-electron chi connectivity index (χ4n) is 5.07. The van der Waals surface area contributed by atoms with E-state index in [1.165, 1.54) is 54.8 Å². The van der Waals surface area contributed by atoms with Gasteiger partial charge in [-0.3, -0.25) is 0 Å². The van der Waals surface area contributed by atoms with Gasteiger partial charge in [-0.1, -0.05) is 80.6 Å². The number of fused-ring (bicyclic) bond motifs is 10. The maximum atomic E-state index is 3.76. The minimum atomic E-state index is -0.0188. The van der Waals surface area contributed by atoms with Crippen molar-refractivity contribution in [3.63, 3.8) is 0 Å². The SMILES string of the molecule is CC1(C)c2ccccc2-c2c1c1[nH]c3ccccc3c1c1ccccc21. The van der Waals surface area contributed by atoms with Gasteiger partial charge in [0.05, 0.1) is 5.52 Å². The van der Waals surface area contributed by atoms with Gasteiger partial charge >= 0.3 is 0 Å². The molecule has 0 saturated heterocycles. The first-order valence-corrected chi connectivity index (χ1v) is 9.23. The van der Waals surface area contributed by atoms with Gasteiger partial charge in [0, 0.05) is 21.7 Å². The van der Waals surface area contributed by atoms with E-state index in [-0.39, 0.29) is 5.41 Å². The molecule has 0 spiro atoms. The van der Waals surface area contributed by atoms with E-state index in [4.69, 9.17) is 0 Å². The number of para-hydroxylation sites is 1. The number of aromatic nitrogens is 1. The molecule has 1 nitrogen and oxygen atoms in total. The summed E-state index contributed by atoms with van der Waals surface area (Å²) >= 11 is 0. The van der Waals surface area contributed by atoms with Crippen LogP contribution in [-0.4, -0.2) is 4.98 Å². The van der Waals surface area contributed by atoms with E-state index in [0.717, 1.165) is 0 Å². The van der Waals surface area contributed by atoms with Crippen LogP contribution in [0.3, 0.4) is 0 Å². The van der Waals surface area contributed by atoms with Crippen LogP contribution in [0.5, 0.6) is 0 Å². The predicted molar refractivity (Wildman–Crippen MR) is 111 cm³/mol. The number of benzene rings is 4. The number of hydrogen-bond donors (Lipinski definition) is 1. The predicted octanol–water partition coefficient (Wildman–Crippen LogP) is 6.78. The fraction of sp³-hybridized carbons (Fsp3) is 0.120. The van der Waals surface area contributed by atoms with Gasteiger partial charge in [-0.2, -0.15) is 0 Å². The molecule has 0 radical (unpaired) electrons. The van der Waals surface area contributed by atoms with Crippen molar-refractivity contribution in [3.8, 4) is 11.1 Å². The van der Waals surface area contributed by atoms with Crippen molar-refractivity contribution in [3.05, 3.63) is 83.9 Å². The summed E-state index contributed by atoms with van der Waals surface area (Å²) in [5, 5.41) is 5.37. The highest BCUT2D eigenvalue weighted by Crippen LogP contribution is 2.54. The average Bonchev–Trinajstić information content (AvgIpc) is 3.16. The molecule has 0 atom stereocenters. The fourth-order valence-corrected chi connectivity index (χ4v) is 5.07. The quantitative estimate of drug-likeness (QED) is 0.321. The van der Waals surface area contributed by atoms with Crippen LogP contribution in [-0.2, 0) is 5.41 Å². The smallest absolute Gasteiger partial charge is 0.0519 e. The normalized spacial score (nSPS) is 14.8. The van der Waals surface area contributed by atoms with Gasteiger partial charge in [0.1, 0.15) is 0 Å². The molecule has 0 saturated carbocycles. The van der Waals surface area contributed by atoms with E-state index in [2.05, 4.69) is 91.6 Å². The minimum absolute atomic E-state index is 0.0188. The monoisotopic (exact) mass is 333 g/mol. The molecule has 1 aliphatic rings. The van der Waals surface area contributed by atoms with Crippen molar-refractivity contribution in [2.45, 2.75) is 19.3 Å². The maximum absolute atomic E-state index is 3.76. The molecular weight excluding hydrogens is 314 g/mol. The third-order valence-corrected chi connectivity index (χ3v) is 6.17. The zero-order valence-electron chi connectivity index (χ0n) is 14.9. The lowest BCUT2D eigenvalue weighted by atomic mass is 9.80. The number of rotatable bonds is 0. The summed E-state index contributed by atoms with van der Waals surface area (Å²) < 4.78 is 0. The van der Waals surface area contributed by atoms with Crippen molar-refractivity contribution < 1.29 is 0 Å². The largest absolute Gasteiger partial charge is 0.354 e. The van der Waals surface area contributed by atoms with Crippen LogP contribution in [0, 0.1) is 0 Å². The van der Waals surface area contributed by atoms with E-state index in [9.17, 15) is 0 Å². The average molecular weight is 333 g/mol. The van der Waals surface area contributed by atoms with Gasteiger partial charge in [-0.15, -0.1) is 0 Å². The topological polar surface area (TPSA) is 15.8 Å². The summed E-state index contributed by atoms with van der Waals surface area (Å²) in [6, 6.07) is 26.4. The van der Waals surface area contributed by atoms with Gasteiger partial charge in [-0.25, -0.2) is 0 Å². The third kappa shape index (κ3) is 1.52. The Morgan fingerprint density at radius 2 is 1.35 bits per heavy atom. The van der Waals surface area contributed by atoms with E-state index in [1.807, 2.05) is 0 Å². The highest BCUT2D eigenvalue weighted by Gasteiger charge is 2.38. The molecule has 0 bridgehead atoms. The number of aromatic amines is 1. The number of hydrogen-bond acceptors (Lipinski definition) is 0. The number of H-pyrrole nitrogens is 1. The van der Waals surface area contributed by atoms with E-state index in [0.29, 0.717) is 0 Å². The Hall–Kier alpha value is -3.06. The van der Waals surface area contributed by atoms with E-state index < -0.39 is 0 Å². The van der Waals surface area contributed by atoms with Gasteiger partial charge < -0.3 is 4.98 Å². The highest BCUT2D eigenvalue weighted by atomic mass is 14.7. The van der Waals surface area contributed by atoms with Crippen LogP contribution < -0.4 is 0 Å². The second-order valence-electron chi connectivity index (χ2n) is 7.89. The molecule has 1 N–H and O–H groups in total. The first-order valence-electron chi connectivity index (χ1n) is 9.23. The summed E-state index contributed by atoms with van der Waals surface area (Å²) in [5.41, 5.74) is 8.13. The van der Waals surface area contributed by atoms with Gasteiger partial charge in [0.15, 0.2) is 0 Å². The van der Waals surface area contributed by atoms with Crippen LogP contribution >= 0.6 is 0 Å². The molecule has 1 heterocycles. The Morgan fingerprint density at radius 3 is 2.19 bits per heavy atom. The molecule has 4 aromatic carbocycles. The van der Waals surface area contributed by atoms with E-state index >= 15 is 0 Å². The van der Waals surface area contributed by atoms with Crippen molar-refractivity contribution in [2.24, 2.45) is 0 Å². The molecular formula is C25H19N. The van der Waals surface area contributed by atoms with Crippen LogP contribution in [0.4, 0.5) is 0 Å². The molecule has 0 unspecified atom stereocenters. The molecule has 1 aliphatic carbocycles. The molecule has 0 aliphatic heterocycles. The Labute approximate surface area is 152 Å². The maximum Gasteiger partial charge on any atom is 0.0519 e. The molecule has 1 aromatic heterocycles. The van der Waals surface area contributed by atoms with Gasteiger partial charge in [0.2, 0.25) is 0 Å². The lowest BCUT2D eigenvalue weighted by Crippen LogP contribution is -2.15. The minimum Gasteiger partial charge on any atom is -0.354 e. The molecule has 0 fully saturated rings. The summed E-state index contributed by atoms with van der Waals surface area (Å²) in [5.74, 6) is 0. The Kier molecular flexibility index (Phi) is 2.48. The zero-order valence-corrected chi connectivity index (χ0v) is 14.9.